The predicted molar refractivity (Wildman–Crippen MR) is 92.8 cm³/mol. The molecule has 2 aromatic carbocycles. The van der Waals surface area contributed by atoms with Gasteiger partial charge in [-0.05, 0) is 23.8 Å². The van der Waals surface area contributed by atoms with Gasteiger partial charge in [-0.15, -0.1) is 0 Å². The van der Waals surface area contributed by atoms with Gasteiger partial charge < -0.3 is 10.4 Å². The summed E-state index contributed by atoms with van der Waals surface area (Å²) >= 11 is 13.6. The van der Waals surface area contributed by atoms with Gasteiger partial charge in [0.15, 0.2) is 5.13 Å². The maximum atomic E-state index is 10.0. The van der Waals surface area contributed by atoms with Crippen LogP contribution in [0.3, 0.4) is 0 Å². The van der Waals surface area contributed by atoms with Gasteiger partial charge in [-0.2, -0.15) is 4.98 Å². The van der Waals surface area contributed by atoms with E-state index in [2.05, 4.69) is 10.3 Å². The highest BCUT2D eigenvalue weighted by Crippen LogP contribution is 2.34. The Bertz CT molecular complexity index is 790. The zero-order chi connectivity index (χ0) is 15.5. The predicted octanol–water partition coefficient (Wildman–Crippen LogP) is 5.49. The maximum absolute atomic E-state index is 10.0. The van der Waals surface area contributed by atoms with Gasteiger partial charge >= 0.3 is 0 Å². The number of rotatable bonds is 4. The summed E-state index contributed by atoms with van der Waals surface area (Å²) in [5.74, 6) is 0.0134. The molecule has 0 atom stereocenters. The summed E-state index contributed by atoms with van der Waals surface area (Å²) in [5, 5.41) is 14.8. The zero-order valence-electron chi connectivity index (χ0n) is 11.4. The average Bonchev–Trinajstić information content (AvgIpc) is 2.85. The first kappa shape index (κ1) is 15.2. The second-order valence-electron chi connectivity index (χ2n) is 4.65. The van der Waals surface area contributed by atoms with Gasteiger partial charge in [0.25, 0.3) is 0 Å². The Balaban J connectivity index is 1.82. The minimum absolute atomic E-state index is 0.0134. The van der Waals surface area contributed by atoms with Crippen molar-refractivity contribution in [2.24, 2.45) is 0 Å². The molecular weight excluding hydrogens is 339 g/mol. The first-order valence-corrected chi connectivity index (χ1v) is 8.14. The van der Waals surface area contributed by atoms with Crippen LogP contribution in [-0.2, 0) is 6.42 Å². The second kappa shape index (κ2) is 6.57. The van der Waals surface area contributed by atoms with Crippen LogP contribution in [0.4, 0.5) is 10.8 Å². The fraction of sp³-hybridized carbons (Fsp3) is 0.0625. The van der Waals surface area contributed by atoms with E-state index in [0.717, 1.165) is 16.1 Å². The van der Waals surface area contributed by atoms with Gasteiger partial charge in [0.05, 0.1) is 14.9 Å². The molecule has 112 valence electrons. The van der Waals surface area contributed by atoms with Crippen molar-refractivity contribution < 1.29 is 5.11 Å². The second-order valence-corrected chi connectivity index (χ2v) is 6.52. The Kier molecular flexibility index (Phi) is 4.52. The first-order chi connectivity index (χ1) is 10.6. The smallest absolute Gasteiger partial charge is 0.227 e. The van der Waals surface area contributed by atoms with E-state index in [0.29, 0.717) is 21.6 Å². The van der Waals surface area contributed by atoms with Crippen molar-refractivity contribution in [2.45, 2.75) is 6.42 Å². The molecule has 0 saturated carbocycles. The SMILES string of the molecule is Oc1nc(Nc2ccccc2)sc1Cc1cccc(Cl)c1Cl. The minimum Gasteiger partial charge on any atom is -0.492 e. The number of para-hydroxylation sites is 1. The molecule has 0 aliphatic heterocycles. The molecule has 0 amide bonds. The van der Waals surface area contributed by atoms with Crippen LogP contribution in [0.2, 0.25) is 10.0 Å². The van der Waals surface area contributed by atoms with E-state index in [1.165, 1.54) is 11.3 Å². The Morgan fingerprint density at radius 1 is 1.05 bits per heavy atom. The fourth-order valence-electron chi connectivity index (χ4n) is 2.02. The number of nitrogens with zero attached hydrogens (tertiary/aromatic N) is 1. The van der Waals surface area contributed by atoms with Crippen molar-refractivity contribution in [3.05, 3.63) is 69.0 Å². The van der Waals surface area contributed by atoms with Crippen molar-refractivity contribution in [3.8, 4) is 5.88 Å². The molecule has 0 fully saturated rings. The van der Waals surface area contributed by atoms with Crippen molar-refractivity contribution in [1.29, 1.82) is 0 Å². The van der Waals surface area contributed by atoms with E-state index < -0.39 is 0 Å². The molecule has 3 aromatic rings. The Labute approximate surface area is 142 Å². The van der Waals surface area contributed by atoms with E-state index in [1.54, 1.807) is 6.07 Å². The average molecular weight is 351 g/mol. The quantitative estimate of drug-likeness (QED) is 0.653. The lowest BCUT2D eigenvalue weighted by atomic mass is 10.1. The third kappa shape index (κ3) is 3.35. The van der Waals surface area contributed by atoms with Gasteiger partial charge in [-0.3, -0.25) is 0 Å². The van der Waals surface area contributed by atoms with Crippen molar-refractivity contribution >= 4 is 45.4 Å². The first-order valence-electron chi connectivity index (χ1n) is 6.57. The molecule has 22 heavy (non-hydrogen) atoms. The van der Waals surface area contributed by atoms with E-state index in [-0.39, 0.29) is 5.88 Å². The fourth-order valence-corrected chi connectivity index (χ4v) is 3.30. The number of anilines is 2. The number of nitrogens with one attached hydrogen (secondary N) is 1. The number of halogens is 2. The number of hydrogen-bond donors (Lipinski definition) is 2. The Morgan fingerprint density at radius 2 is 1.82 bits per heavy atom. The molecular formula is C16H12Cl2N2OS. The summed E-state index contributed by atoms with van der Waals surface area (Å²) in [6.45, 7) is 0. The molecule has 0 aliphatic rings. The molecule has 0 saturated heterocycles. The van der Waals surface area contributed by atoms with Crippen LogP contribution in [-0.4, -0.2) is 10.1 Å². The largest absolute Gasteiger partial charge is 0.492 e. The molecule has 0 unspecified atom stereocenters. The van der Waals surface area contributed by atoms with Gasteiger partial charge in [-0.1, -0.05) is 64.9 Å². The lowest BCUT2D eigenvalue weighted by Crippen LogP contribution is -1.87. The van der Waals surface area contributed by atoms with Crippen LogP contribution >= 0.6 is 34.5 Å². The number of thiazole rings is 1. The third-order valence-electron chi connectivity index (χ3n) is 3.08. The molecule has 1 aromatic heterocycles. The van der Waals surface area contributed by atoms with Gasteiger partial charge in [0, 0.05) is 12.1 Å². The highest BCUT2D eigenvalue weighted by molar-refractivity contribution is 7.16. The van der Waals surface area contributed by atoms with Gasteiger partial charge in [0.1, 0.15) is 0 Å². The monoisotopic (exact) mass is 350 g/mol. The van der Waals surface area contributed by atoms with Crippen LogP contribution in [0.25, 0.3) is 0 Å². The van der Waals surface area contributed by atoms with Crippen molar-refractivity contribution in [3.63, 3.8) is 0 Å². The van der Waals surface area contributed by atoms with Crippen molar-refractivity contribution in [2.75, 3.05) is 5.32 Å². The number of hydrogen-bond acceptors (Lipinski definition) is 4. The summed E-state index contributed by atoms with van der Waals surface area (Å²) in [7, 11) is 0. The topological polar surface area (TPSA) is 45.2 Å². The van der Waals surface area contributed by atoms with Crippen LogP contribution in [0.5, 0.6) is 5.88 Å². The van der Waals surface area contributed by atoms with E-state index in [1.807, 2.05) is 42.5 Å². The Hall–Kier alpha value is -1.75. The van der Waals surface area contributed by atoms with Crippen LogP contribution in [0, 0.1) is 0 Å². The number of aromatic nitrogens is 1. The van der Waals surface area contributed by atoms with E-state index in [9.17, 15) is 5.11 Å². The van der Waals surface area contributed by atoms with Gasteiger partial charge in [0.2, 0.25) is 5.88 Å². The summed E-state index contributed by atoms with van der Waals surface area (Å²) < 4.78 is 0. The summed E-state index contributed by atoms with van der Waals surface area (Å²) in [5.41, 5.74) is 1.78. The van der Waals surface area contributed by atoms with Crippen LogP contribution in [0.15, 0.2) is 48.5 Å². The molecule has 6 heteroatoms. The van der Waals surface area contributed by atoms with Gasteiger partial charge in [-0.25, -0.2) is 0 Å². The molecule has 0 bridgehead atoms. The lowest BCUT2D eigenvalue weighted by Gasteiger charge is -2.04. The molecule has 0 aliphatic carbocycles. The Morgan fingerprint density at radius 3 is 2.59 bits per heavy atom. The third-order valence-corrected chi connectivity index (χ3v) is 4.90. The number of benzene rings is 2. The summed E-state index contributed by atoms with van der Waals surface area (Å²) in [6.07, 6.45) is 0.485. The lowest BCUT2D eigenvalue weighted by molar-refractivity contribution is 0.453. The van der Waals surface area contributed by atoms with Crippen LogP contribution < -0.4 is 5.32 Å². The molecule has 3 rings (SSSR count). The maximum Gasteiger partial charge on any atom is 0.227 e. The number of aromatic hydroxyl groups is 1. The van der Waals surface area contributed by atoms with Crippen LogP contribution in [0.1, 0.15) is 10.4 Å². The molecule has 1 heterocycles. The molecule has 2 N–H and O–H groups in total. The standard InChI is InChI=1S/C16H12Cl2N2OS/c17-12-8-4-5-10(14(12)18)9-13-15(21)20-16(22-13)19-11-6-2-1-3-7-11/h1-8,21H,9H2,(H,19,20). The minimum atomic E-state index is 0.0134. The van der Waals surface area contributed by atoms with E-state index >= 15 is 0 Å². The molecule has 0 radical (unpaired) electrons. The highest BCUT2D eigenvalue weighted by atomic mass is 35.5. The summed E-state index contributed by atoms with van der Waals surface area (Å²) in [6, 6.07) is 15.1. The summed E-state index contributed by atoms with van der Waals surface area (Å²) in [4.78, 5) is 4.88. The zero-order valence-corrected chi connectivity index (χ0v) is 13.7. The van der Waals surface area contributed by atoms with Crippen molar-refractivity contribution in [1.82, 2.24) is 4.98 Å². The van der Waals surface area contributed by atoms with E-state index in [4.69, 9.17) is 23.2 Å². The highest BCUT2D eigenvalue weighted by Gasteiger charge is 2.13. The molecule has 0 spiro atoms. The normalized spacial score (nSPS) is 10.6. The molecule has 3 nitrogen and oxygen atoms in total.